The number of aliphatic hydroxyl groups excluding tert-OH is 1. The highest BCUT2D eigenvalue weighted by Gasteiger charge is 2.23. The van der Waals surface area contributed by atoms with Crippen LogP contribution in [-0.4, -0.2) is 48.2 Å². The molecule has 5 nitrogen and oxygen atoms in total. The summed E-state index contributed by atoms with van der Waals surface area (Å²) in [4.78, 5) is 14.5. The van der Waals surface area contributed by atoms with Gasteiger partial charge in [-0.05, 0) is 31.0 Å². The lowest BCUT2D eigenvalue weighted by atomic mass is 10.1. The van der Waals surface area contributed by atoms with Crippen molar-refractivity contribution in [2.75, 3.05) is 36.9 Å². The van der Waals surface area contributed by atoms with Crippen LogP contribution in [0.25, 0.3) is 0 Å². The first-order valence-corrected chi connectivity index (χ1v) is 7.74. The zero-order chi connectivity index (χ0) is 15.2. The third-order valence-electron chi connectivity index (χ3n) is 4.01. The zero-order valence-electron chi connectivity index (χ0n) is 12.9. The SMILES string of the molecule is CCC(CC)N(CCO)C(=O)c1ccc2c(c1)NCCN2. The standard InChI is InChI=1S/C16H25N3O2/c1-3-13(4-2)19(9-10-20)16(21)12-5-6-14-15(11-12)18-8-7-17-14/h5-6,11,13,17-18,20H,3-4,7-10H2,1-2H3. The van der Waals surface area contributed by atoms with Crippen molar-refractivity contribution in [1.29, 1.82) is 0 Å². The molecule has 1 amide bonds. The molecule has 0 saturated carbocycles. The zero-order valence-corrected chi connectivity index (χ0v) is 12.9. The first-order valence-electron chi connectivity index (χ1n) is 7.74. The maximum Gasteiger partial charge on any atom is 0.254 e. The second-order valence-corrected chi connectivity index (χ2v) is 5.31. The number of nitrogens with one attached hydrogen (secondary N) is 2. The molecule has 1 aromatic carbocycles. The molecule has 1 aliphatic rings. The van der Waals surface area contributed by atoms with Crippen molar-refractivity contribution in [1.82, 2.24) is 4.90 Å². The molecule has 3 N–H and O–H groups in total. The first kappa shape index (κ1) is 15.6. The normalized spacial score (nSPS) is 13.3. The van der Waals surface area contributed by atoms with Gasteiger partial charge < -0.3 is 20.6 Å². The quantitative estimate of drug-likeness (QED) is 0.751. The summed E-state index contributed by atoms with van der Waals surface area (Å²) in [7, 11) is 0. The molecule has 5 heteroatoms. The number of anilines is 2. The molecule has 116 valence electrons. The van der Waals surface area contributed by atoms with Gasteiger partial charge in [0.1, 0.15) is 0 Å². The van der Waals surface area contributed by atoms with Crippen LogP contribution in [0, 0.1) is 0 Å². The second-order valence-electron chi connectivity index (χ2n) is 5.31. The fraction of sp³-hybridized carbons (Fsp3) is 0.562. The van der Waals surface area contributed by atoms with Gasteiger partial charge >= 0.3 is 0 Å². The minimum absolute atomic E-state index is 0.00655. The third-order valence-corrected chi connectivity index (χ3v) is 4.01. The predicted molar refractivity (Wildman–Crippen MR) is 85.9 cm³/mol. The van der Waals surface area contributed by atoms with Crippen LogP contribution in [0.4, 0.5) is 11.4 Å². The highest BCUT2D eigenvalue weighted by atomic mass is 16.3. The molecule has 0 fully saturated rings. The number of carbonyl (C=O) groups excluding carboxylic acids is 1. The Kier molecular flexibility index (Phi) is 5.44. The third kappa shape index (κ3) is 3.47. The lowest BCUT2D eigenvalue weighted by molar-refractivity contribution is 0.0622. The summed E-state index contributed by atoms with van der Waals surface area (Å²) in [6, 6.07) is 5.87. The van der Waals surface area contributed by atoms with Crippen LogP contribution in [0.15, 0.2) is 18.2 Å². The Morgan fingerprint density at radius 2 is 1.90 bits per heavy atom. The van der Waals surface area contributed by atoms with E-state index in [-0.39, 0.29) is 18.6 Å². The second kappa shape index (κ2) is 7.31. The number of aliphatic hydroxyl groups is 1. The van der Waals surface area contributed by atoms with Crippen molar-refractivity contribution in [3.8, 4) is 0 Å². The van der Waals surface area contributed by atoms with E-state index in [9.17, 15) is 9.90 Å². The van der Waals surface area contributed by atoms with Gasteiger partial charge in [0.15, 0.2) is 0 Å². The topological polar surface area (TPSA) is 64.6 Å². The minimum atomic E-state index is -0.00696. The van der Waals surface area contributed by atoms with E-state index in [4.69, 9.17) is 0 Å². The van der Waals surface area contributed by atoms with Crippen molar-refractivity contribution in [3.63, 3.8) is 0 Å². The predicted octanol–water partition coefficient (Wildman–Crippen LogP) is 2.15. The highest BCUT2D eigenvalue weighted by molar-refractivity contribution is 5.96. The van der Waals surface area contributed by atoms with Crippen LogP contribution in [0.3, 0.4) is 0 Å². The molecule has 0 aliphatic carbocycles. The Morgan fingerprint density at radius 1 is 1.24 bits per heavy atom. The van der Waals surface area contributed by atoms with Crippen LogP contribution >= 0.6 is 0 Å². The molecule has 0 unspecified atom stereocenters. The Balaban J connectivity index is 2.23. The Morgan fingerprint density at radius 3 is 2.52 bits per heavy atom. The summed E-state index contributed by atoms with van der Waals surface area (Å²) in [5.41, 5.74) is 2.68. The van der Waals surface area contributed by atoms with E-state index in [1.54, 1.807) is 4.90 Å². The van der Waals surface area contributed by atoms with E-state index in [0.29, 0.717) is 12.1 Å². The summed E-state index contributed by atoms with van der Waals surface area (Å²) in [5.74, 6) is -0.00655. The summed E-state index contributed by atoms with van der Waals surface area (Å²) in [5, 5.41) is 15.9. The number of carbonyl (C=O) groups is 1. The number of nitrogens with zero attached hydrogens (tertiary/aromatic N) is 1. The first-order chi connectivity index (χ1) is 10.2. The molecule has 1 aromatic rings. The van der Waals surface area contributed by atoms with Gasteiger partial charge in [-0.3, -0.25) is 4.79 Å². The van der Waals surface area contributed by atoms with Crippen LogP contribution in [0.2, 0.25) is 0 Å². The van der Waals surface area contributed by atoms with Gasteiger partial charge in [0, 0.05) is 31.2 Å². The maximum absolute atomic E-state index is 12.7. The highest BCUT2D eigenvalue weighted by Crippen LogP contribution is 2.26. The Labute approximate surface area is 126 Å². The lowest BCUT2D eigenvalue weighted by Crippen LogP contribution is -2.41. The molecule has 1 heterocycles. The van der Waals surface area contributed by atoms with Crippen LogP contribution in [-0.2, 0) is 0 Å². The molecule has 0 radical (unpaired) electrons. The molecule has 0 aromatic heterocycles. The van der Waals surface area contributed by atoms with E-state index in [1.165, 1.54) is 0 Å². The Bertz CT molecular complexity index is 486. The smallest absolute Gasteiger partial charge is 0.254 e. The molecule has 0 bridgehead atoms. The van der Waals surface area contributed by atoms with Crippen LogP contribution in [0.1, 0.15) is 37.0 Å². The van der Waals surface area contributed by atoms with Gasteiger partial charge in [0.25, 0.3) is 5.91 Å². The number of hydrogen-bond donors (Lipinski definition) is 3. The van der Waals surface area contributed by atoms with E-state index >= 15 is 0 Å². The average Bonchev–Trinajstić information content (AvgIpc) is 2.54. The van der Waals surface area contributed by atoms with E-state index in [2.05, 4.69) is 24.5 Å². The number of hydrogen-bond acceptors (Lipinski definition) is 4. The van der Waals surface area contributed by atoms with Gasteiger partial charge in [0.2, 0.25) is 0 Å². The van der Waals surface area contributed by atoms with Gasteiger partial charge in [-0.15, -0.1) is 0 Å². The molecule has 2 rings (SSSR count). The van der Waals surface area contributed by atoms with Crippen molar-refractivity contribution in [2.24, 2.45) is 0 Å². The van der Waals surface area contributed by atoms with Crippen molar-refractivity contribution < 1.29 is 9.90 Å². The van der Waals surface area contributed by atoms with Gasteiger partial charge in [0.05, 0.1) is 18.0 Å². The lowest BCUT2D eigenvalue weighted by Gasteiger charge is -2.30. The van der Waals surface area contributed by atoms with Crippen LogP contribution in [0.5, 0.6) is 0 Å². The van der Waals surface area contributed by atoms with Crippen molar-refractivity contribution in [2.45, 2.75) is 32.7 Å². The summed E-state index contributed by atoms with van der Waals surface area (Å²) >= 11 is 0. The molecular formula is C16H25N3O2. The minimum Gasteiger partial charge on any atom is -0.395 e. The maximum atomic E-state index is 12.7. The monoisotopic (exact) mass is 291 g/mol. The number of fused-ring (bicyclic) bond motifs is 1. The molecule has 0 atom stereocenters. The van der Waals surface area contributed by atoms with E-state index < -0.39 is 0 Å². The fourth-order valence-corrected chi connectivity index (χ4v) is 2.82. The van der Waals surface area contributed by atoms with Crippen molar-refractivity contribution in [3.05, 3.63) is 23.8 Å². The molecule has 0 spiro atoms. The molecular weight excluding hydrogens is 266 g/mol. The van der Waals surface area contributed by atoms with Gasteiger partial charge in [-0.1, -0.05) is 13.8 Å². The van der Waals surface area contributed by atoms with Crippen molar-refractivity contribution >= 4 is 17.3 Å². The molecule has 1 aliphatic heterocycles. The number of benzene rings is 1. The Hall–Kier alpha value is -1.75. The number of rotatable bonds is 6. The van der Waals surface area contributed by atoms with Crippen LogP contribution < -0.4 is 10.6 Å². The van der Waals surface area contributed by atoms with E-state index in [1.807, 2.05) is 18.2 Å². The molecule has 21 heavy (non-hydrogen) atoms. The van der Waals surface area contributed by atoms with E-state index in [0.717, 1.165) is 37.3 Å². The number of amides is 1. The summed E-state index contributed by atoms with van der Waals surface area (Å²) in [6.45, 7) is 6.28. The average molecular weight is 291 g/mol. The molecule has 0 saturated heterocycles. The van der Waals surface area contributed by atoms with Gasteiger partial charge in [-0.2, -0.15) is 0 Å². The summed E-state index contributed by atoms with van der Waals surface area (Å²) < 4.78 is 0. The largest absolute Gasteiger partial charge is 0.395 e. The van der Waals surface area contributed by atoms with Gasteiger partial charge in [-0.25, -0.2) is 0 Å². The fourth-order valence-electron chi connectivity index (χ4n) is 2.82. The summed E-state index contributed by atoms with van der Waals surface area (Å²) in [6.07, 6.45) is 1.79.